The van der Waals surface area contributed by atoms with Crippen molar-refractivity contribution in [1.82, 2.24) is 4.90 Å². The number of nitrogens with two attached hydrogens (primary N) is 1. The Morgan fingerprint density at radius 2 is 2.11 bits per heavy atom. The number of thiophene rings is 1. The molecule has 0 aromatic carbocycles. The molecule has 0 unspecified atom stereocenters. The Labute approximate surface area is 114 Å². The normalized spacial score (nSPS) is 19.3. The summed E-state index contributed by atoms with van der Waals surface area (Å²) in [7, 11) is 0. The van der Waals surface area contributed by atoms with Crippen molar-refractivity contribution in [2.24, 2.45) is 11.1 Å². The minimum Gasteiger partial charge on any atom is -0.320 e. The molecule has 2 N–H and O–H groups in total. The van der Waals surface area contributed by atoms with Gasteiger partial charge in [0.15, 0.2) is 0 Å². The molecule has 98 valence electrons. The lowest BCUT2D eigenvalue weighted by Gasteiger charge is -2.36. The molecule has 3 heteroatoms. The highest BCUT2D eigenvalue weighted by molar-refractivity contribution is 7.10. The largest absolute Gasteiger partial charge is 0.320 e. The predicted octanol–water partition coefficient (Wildman–Crippen LogP) is 2.68. The van der Waals surface area contributed by atoms with Gasteiger partial charge in [0.05, 0.1) is 6.54 Å². The smallest absolute Gasteiger partial charge is 0.0555 e. The van der Waals surface area contributed by atoms with Gasteiger partial charge in [0, 0.05) is 22.4 Å². The molecule has 0 aliphatic carbocycles. The first-order valence-electron chi connectivity index (χ1n) is 6.58. The molecule has 18 heavy (non-hydrogen) atoms. The van der Waals surface area contributed by atoms with E-state index in [4.69, 9.17) is 5.73 Å². The van der Waals surface area contributed by atoms with Crippen molar-refractivity contribution in [1.29, 1.82) is 0 Å². The molecule has 0 bridgehead atoms. The zero-order chi connectivity index (χ0) is 13.0. The fourth-order valence-corrected chi connectivity index (χ4v) is 3.08. The van der Waals surface area contributed by atoms with Crippen LogP contribution in [0.3, 0.4) is 0 Å². The van der Waals surface area contributed by atoms with Crippen molar-refractivity contribution >= 4 is 11.3 Å². The third-order valence-electron chi connectivity index (χ3n) is 3.58. The summed E-state index contributed by atoms with van der Waals surface area (Å²) < 4.78 is 0. The Balaban J connectivity index is 1.88. The summed E-state index contributed by atoms with van der Waals surface area (Å²) in [6.45, 7) is 8.69. The van der Waals surface area contributed by atoms with E-state index < -0.39 is 0 Å². The lowest BCUT2D eigenvalue weighted by molar-refractivity contribution is 0.128. The second-order valence-corrected chi connectivity index (χ2v) is 6.74. The number of rotatable bonds is 2. The van der Waals surface area contributed by atoms with Gasteiger partial charge in [-0.15, -0.1) is 11.3 Å². The van der Waals surface area contributed by atoms with Crippen LogP contribution in [-0.2, 0) is 6.54 Å². The highest BCUT2D eigenvalue weighted by Crippen LogP contribution is 2.30. The van der Waals surface area contributed by atoms with Gasteiger partial charge < -0.3 is 5.73 Å². The van der Waals surface area contributed by atoms with Crippen molar-refractivity contribution in [3.05, 3.63) is 21.9 Å². The predicted molar refractivity (Wildman–Crippen MR) is 78.5 cm³/mol. The molecule has 1 aromatic heterocycles. The molecule has 1 saturated heterocycles. The summed E-state index contributed by atoms with van der Waals surface area (Å²) in [4.78, 5) is 3.97. The minimum absolute atomic E-state index is 0.437. The summed E-state index contributed by atoms with van der Waals surface area (Å²) in [6, 6.07) is 2.20. The van der Waals surface area contributed by atoms with E-state index in [-0.39, 0.29) is 0 Å². The van der Waals surface area contributed by atoms with Crippen LogP contribution >= 0.6 is 11.3 Å². The topological polar surface area (TPSA) is 29.3 Å². The Hall–Kier alpha value is -0.820. The van der Waals surface area contributed by atoms with Crippen LogP contribution in [0.4, 0.5) is 0 Å². The van der Waals surface area contributed by atoms with Crippen LogP contribution < -0.4 is 5.73 Å². The monoisotopic (exact) mass is 262 g/mol. The first kappa shape index (κ1) is 13.6. The molecule has 0 atom stereocenters. The van der Waals surface area contributed by atoms with E-state index >= 15 is 0 Å². The van der Waals surface area contributed by atoms with Gasteiger partial charge in [0.2, 0.25) is 0 Å². The first-order valence-corrected chi connectivity index (χ1v) is 7.46. The van der Waals surface area contributed by atoms with Crippen molar-refractivity contribution in [3.63, 3.8) is 0 Å². The maximum atomic E-state index is 5.38. The quantitative estimate of drug-likeness (QED) is 0.830. The molecule has 0 spiro atoms. The van der Waals surface area contributed by atoms with E-state index in [2.05, 4.69) is 42.0 Å². The van der Waals surface area contributed by atoms with Crippen LogP contribution in [0.2, 0.25) is 0 Å². The number of hydrogen-bond acceptors (Lipinski definition) is 3. The van der Waals surface area contributed by atoms with E-state index in [1.165, 1.54) is 30.8 Å². The van der Waals surface area contributed by atoms with Crippen molar-refractivity contribution in [3.8, 4) is 11.8 Å². The van der Waals surface area contributed by atoms with Gasteiger partial charge >= 0.3 is 0 Å². The highest BCUT2D eigenvalue weighted by Gasteiger charge is 2.25. The molecule has 0 saturated carbocycles. The second kappa shape index (κ2) is 5.88. The van der Waals surface area contributed by atoms with Crippen molar-refractivity contribution < 1.29 is 0 Å². The average molecular weight is 262 g/mol. The standard InChI is InChI=1S/C15H22N2S/c1-15(2)5-8-17(9-6-15)11-14-10-13(12-18-14)4-3-7-16/h10,12H,5-9,11,16H2,1-2H3. The minimum atomic E-state index is 0.437. The molecule has 0 amide bonds. The Bertz CT molecular complexity index is 441. The van der Waals surface area contributed by atoms with E-state index in [0.29, 0.717) is 12.0 Å². The van der Waals surface area contributed by atoms with Gasteiger partial charge in [0.25, 0.3) is 0 Å². The van der Waals surface area contributed by atoms with Gasteiger partial charge in [-0.1, -0.05) is 25.7 Å². The van der Waals surface area contributed by atoms with Crippen LogP contribution in [-0.4, -0.2) is 24.5 Å². The van der Waals surface area contributed by atoms with Gasteiger partial charge in [-0.2, -0.15) is 0 Å². The van der Waals surface area contributed by atoms with E-state index in [0.717, 1.165) is 12.1 Å². The molecule has 1 aliphatic heterocycles. The van der Waals surface area contributed by atoms with E-state index in [1.54, 1.807) is 0 Å². The molecular formula is C15H22N2S. The fourth-order valence-electron chi connectivity index (χ4n) is 2.22. The van der Waals surface area contributed by atoms with Crippen LogP contribution in [0.15, 0.2) is 11.4 Å². The molecular weight excluding hydrogens is 240 g/mol. The third kappa shape index (κ3) is 3.84. The molecule has 2 nitrogen and oxygen atoms in total. The van der Waals surface area contributed by atoms with E-state index in [9.17, 15) is 0 Å². The summed E-state index contributed by atoms with van der Waals surface area (Å²) in [5.41, 5.74) is 7.02. The van der Waals surface area contributed by atoms with Crippen LogP contribution in [0, 0.1) is 17.3 Å². The van der Waals surface area contributed by atoms with Gasteiger partial charge in [0.1, 0.15) is 0 Å². The van der Waals surface area contributed by atoms with Gasteiger partial charge in [-0.25, -0.2) is 0 Å². The number of piperidine rings is 1. The molecule has 2 rings (SSSR count). The summed E-state index contributed by atoms with van der Waals surface area (Å²) in [6.07, 6.45) is 2.61. The Morgan fingerprint density at radius 3 is 2.78 bits per heavy atom. The van der Waals surface area contributed by atoms with Gasteiger partial charge in [-0.3, -0.25) is 4.90 Å². The van der Waals surface area contributed by atoms with Gasteiger partial charge in [-0.05, 0) is 37.4 Å². The fraction of sp³-hybridized carbons (Fsp3) is 0.600. The molecule has 1 aromatic rings. The molecule has 2 heterocycles. The van der Waals surface area contributed by atoms with E-state index in [1.807, 2.05) is 11.3 Å². The Kier molecular flexibility index (Phi) is 4.45. The first-order chi connectivity index (χ1) is 8.59. The average Bonchev–Trinajstić information content (AvgIpc) is 2.77. The number of nitrogens with zero attached hydrogens (tertiary/aromatic N) is 1. The number of hydrogen-bond donors (Lipinski definition) is 1. The third-order valence-corrected chi connectivity index (χ3v) is 4.50. The zero-order valence-electron chi connectivity index (χ0n) is 11.3. The highest BCUT2D eigenvalue weighted by atomic mass is 32.1. The summed E-state index contributed by atoms with van der Waals surface area (Å²) in [5, 5.41) is 2.13. The van der Waals surface area contributed by atoms with Crippen LogP contribution in [0.25, 0.3) is 0 Å². The second-order valence-electron chi connectivity index (χ2n) is 5.75. The van der Waals surface area contributed by atoms with Crippen LogP contribution in [0.5, 0.6) is 0 Å². The molecule has 0 radical (unpaired) electrons. The zero-order valence-corrected chi connectivity index (χ0v) is 12.1. The summed E-state index contributed by atoms with van der Waals surface area (Å²) in [5.74, 6) is 6.00. The molecule has 1 fully saturated rings. The maximum Gasteiger partial charge on any atom is 0.0555 e. The number of likely N-dealkylation sites (tertiary alicyclic amines) is 1. The summed E-state index contributed by atoms with van der Waals surface area (Å²) >= 11 is 1.81. The van der Waals surface area contributed by atoms with Crippen molar-refractivity contribution in [2.45, 2.75) is 33.2 Å². The molecule has 1 aliphatic rings. The van der Waals surface area contributed by atoms with Crippen molar-refractivity contribution in [2.75, 3.05) is 19.6 Å². The Morgan fingerprint density at radius 1 is 1.39 bits per heavy atom. The lowest BCUT2D eigenvalue weighted by Crippen LogP contribution is -2.36. The lowest BCUT2D eigenvalue weighted by atomic mass is 9.83. The SMILES string of the molecule is CC1(C)CCN(Cc2cc(C#CCN)cs2)CC1. The van der Waals surface area contributed by atoms with Crippen LogP contribution in [0.1, 0.15) is 37.1 Å². The maximum absolute atomic E-state index is 5.38.